The Kier molecular flexibility index (Phi) is 10.8. The van der Waals surface area contributed by atoms with E-state index in [4.69, 9.17) is 32.6 Å². The molecule has 0 aromatic heterocycles. The van der Waals surface area contributed by atoms with E-state index in [0.717, 1.165) is 0 Å². The van der Waals surface area contributed by atoms with Crippen LogP contribution in [0.25, 0.3) is 0 Å². The van der Waals surface area contributed by atoms with E-state index in [0.29, 0.717) is 23.0 Å². The second-order valence-electron chi connectivity index (χ2n) is 7.67. The summed E-state index contributed by atoms with van der Waals surface area (Å²) in [6.45, 7) is 0. The number of para-hydroxylation sites is 4. The highest BCUT2D eigenvalue weighted by atomic mass is 31.2. The van der Waals surface area contributed by atoms with Crippen molar-refractivity contribution in [3.05, 3.63) is 146 Å². The average Bonchev–Trinajstić information content (AvgIpc) is 2.95. The first-order valence-electron chi connectivity index (χ1n) is 11.8. The zero-order valence-electron chi connectivity index (χ0n) is 20.7. The number of rotatable bonds is 10. The van der Waals surface area contributed by atoms with Crippen molar-refractivity contribution in [3.8, 4) is 34.5 Å². The fraction of sp³-hybridized carbons (Fsp3) is 0. The molecule has 0 atom stereocenters. The lowest BCUT2D eigenvalue weighted by molar-refractivity contribution is 0.341. The third kappa shape index (κ3) is 10.2. The molecule has 0 radical (unpaired) electrons. The van der Waals surface area contributed by atoms with Gasteiger partial charge >= 0.3 is 17.2 Å². The predicted molar refractivity (Wildman–Crippen MR) is 153 cm³/mol. The molecule has 0 aliphatic carbocycles. The summed E-state index contributed by atoms with van der Waals surface area (Å²) in [6, 6.07) is 43.3. The lowest BCUT2D eigenvalue weighted by Crippen LogP contribution is -2.03. The molecule has 0 aliphatic rings. The number of phenols is 2. The van der Waals surface area contributed by atoms with Crippen LogP contribution in [0.1, 0.15) is 0 Å². The van der Waals surface area contributed by atoms with Crippen LogP contribution >= 0.6 is 17.2 Å². The van der Waals surface area contributed by atoms with Gasteiger partial charge in [-0.2, -0.15) is 4.31 Å². The molecular weight excluding hydrogens is 534 g/mol. The van der Waals surface area contributed by atoms with Gasteiger partial charge in [-0.25, -0.2) is 0 Å². The summed E-state index contributed by atoms with van der Waals surface area (Å²) in [7, 11) is -3.73. The van der Waals surface area contributed by atoms with E-state index in [-0.39, 0.29) is 11.5 Å². The van der Waals surface area contributed by atoms with Crippen molar-refractivity contribution in [1.29, 1.82) is 0 Å². The van der Waals surface area contributed by atoms with E-state index >= 15 is 0 Å². The zero-order valence-corrected chi connectivity index (χ0v) is 22.5. The van der Waals surface area contributed by atoms with E-state index in [1.165, 1.54) is 18.2 Å². The van der Waals surface area contributed by atoms with Crippen molar-refractivity contribution in [3.63, 3.8) is 0 Å². The lowest BCUT2D eigenvalue weighted by Gasteiger charge is -2.22. The molecule has 5 rings (SSSR count). The number of benzene rings is 5. The number of hydrogen-bond acceptors (Lipinski definition) is 7. The summed E-state index contributed by atoms with van der Waals surface area (Å²) < 4.78 is 30.1. The van der Waals surface area contributed by atoms with Crippen LogP contribution in [0, 0.1) is 0 Å². The molecule has 5 aromatic carbocycles. The Balaban J connectivity index is 0.000000379. The van der Waals surface area contributed by atoms with Crippen LogP contribution in [-0.4, -0.2) is 10.2 Å². The summed E-state index contributed by atoms with van der Waals surface area (Å²) >= 11 is 0. The molecule has 0 spiro atoms. The van der Waals surface area contributed by atoms with Crippen LogP contribution in [0.4, 0.5) is 0 Å². The molecule has 0 bridgehead atoms. The second kappa shape index (κ2) is 15.2. The zero-order chi connectivity index (χ0) is 27.1. The summed E-state index contributed by atoms with van der Waals surface area (Å²) in [6.07, 6.45) is 0. The van der Waals surface area contributed by atoms with E-state index in [1.807, 2.05) is 121 Å². The minimum absolute atomic E-state index is 0.0880. The molecule has 0 fully saturated rings. The summed E-state index contributed by atoms with van der Waals surface area (Å²) in [5.41, 5.74) is 0. The Morgan fingerprint density at radius 1 is 0.359 bits per heavy atom. The molecule has 0 saturated carbocycles. The third-order valence-electron chi connectivity index (χ3n) is 4.66. The van der Waals surface area contributed by atoms with Gasteiger partial charge in [-0.3, -0.25) is 0 Å². The molecule has 7 nitrogen and oxygen atoms in total. The minimum Gasteiger partial charge on any atom is -0.508 e. The van der Waals surface area contributed by atoms with E-state index in [9.17, 15) is 0 Å². The standard InChI is InChI=1S/C24H20O5P2.C6H6O2/c1-5-13-21(14-6-1)25-30(26-22-15-7-2-8-16-22)29-31(27-23-17-9-3-10-18-23)28-24-19-11-4-12-20-24;7-5-2-1-3-6(8)4-5/h1-20H;1-4,7-8H. The van der Waals surface area contributed by atoms with Crippen LogP contribution < -0.4 is 18.1 Å². The van der Waals surface area contributed by atoms with Gasteiger partial charge in [0.25, 0.3) is 0 Å². The molecule has 2 N–H and O–H groups in total. The van der Waals surface area contributed by atoms with Gasteiger partial charge in [0.2, 0.25) is 0 Å². The lowest BCUT2D eigenvalue weighted by atomic mass is 10.3. The highest BCUT2D eigenvalue weighted by Gasteiger charge is 2.29. The van der Waals surface area contributed by atoms with Crippen LogP contribution in [0.2, 0.25) is 0 Å². The van der Waals surface area contributed by atoms with Gasteiger partial charge in [0.05, 0.1) is 0 Å². The second-order valence-corrected chi connectivity index (χ2v) is 9.94. The molecule has 0 amide bonds. The Morgan fingerprint density at radius 3 is 0.872 bits per heavy atom. The van der Waals surface area contributed by atoms with Gasteiger partial charge in [-0.1, -0.05) is 78.9 Å². The van der Waals surface area contributed by atoms with Gasteiger partial charge in [0.1, 0.15) is 34.5 Å². The van der Waals surface area contributed by atoms with Gasteiger partial charge in [0.15, 0.2) is 0 Å². The van der Waals surface area contributed by atoms with Crippen LogP contribution in [0.3, 0.4) is 0 Å². The maximum absolute atomic E-state index is 8.65. The molecular formula is C30H26O7P2. The maximum atomic E-state index is 8.65. The third-order valence-corrected chi connectivity index (χ3v) is 7.16. The first-order valence-corrected chi connectivity index (χ1v) is 14.0. The van der Waals surface area contributed by atoms with E-state index < -0.39 is 17.2 Å². The Labute approximate surface area is 229 Å². The average molecular weight is 560 g/mol. The Hall–Kier alpha value is -4.28. The molecule has 0 saturated heterocycles. The number of phenolic OH excluding ortho intramolecular Hbond substituents is 2. The molecule has 39 heavy (non-hydrogen) atoms. The summed E-state index contributed by atoms with van der Waals surface area (Å²) in [5, 5.41) is 17.3. The maximum Gasteiger partial charge on any atom is 0.471 e. The van der Waals surface area contributed by atoms with Crippen molar-refractivity contribution >= 4 is 17.2 Å². The van der Waals surface area contributed by atoms with Crippen LogP contribution in [0.5, 0.6) is 34.5 Å². The van der Waals surface area contributed by atoms with Gasteiger partial charge in [0, 0.05) is 6.07 Å². The molecule has 0 aliphatic heterocycles. The fourth-order valence-electron chi connectivity index (χ4n) is 2.92. The normalized spacial score (nSPS) is 10.3. The van der Waals surface area contributed by atoms with E-state index in [2.05, 4.69) is 0 Å². The largest absolute Gasteiger partial charge is 0.508 e. The van der Waals surface area contributed by atoms with Crippen molar-refractivity contribution in [2.45, 2.75) is 0 Å². The SMILES string of the molecule is Oc1cccc(O)c1.c1ccc(OP(Oc2ccccc2)OP(Oc2ccccc2)Oc2ccccc2)cc1. The van der Waals surface area contributed by atoms with Gasteiger partial charge < -0.3 is 28.3 Å². The minimum atomic E-state index is -1.87. The Morgan fingerprint density at radius 2 is 0.641 bits per heavy atom. The van der Waals surface area contributed by atoms with Crippen molar-refractivity contribution in [2.24, 2.45) is 0 Å². The number of hydrogen-bond donors (Lipinski definition) is 2. The first kappa shape index (κ1) is 27.7. The molecule has 0 heterocycles. The summed E-state index contributed by atoms with van der Waals surface area (Å²) in [4.78, 5) is 0. The first-order chi connectivity index (χ1) is 19.1. The van der Waals surface area contributed by atoms with Crippen LogP contribution in [-0.2, 0) is 4.31 Å². The molecule has 9 heteroatoms. The van der Waals surface area contributed by atoms with Crippen molar-refractivity contribution in [2.75, 3.05) is 0 Å². The van der Waals surface area contributed by atoms with Crippen LogP contribution in [0.15, 0.2) is 146 Å². The molecule has 5 aromatic rings. The van der Waals surface area contributed by atoms with Crippen molar-refractivity contribution < 1.29 is 32.6 Å². The van der Waals surface area contributed by atoms with Gasteiger partial charge in [-0.05, 0) is 60.7 Å². The smallest absolute Gasteiger partial charge is 0.471 e. The highest BCUT2D eigenvalue weighted by Crippen LogP contribution is 2.55. The quantitative estimate of drug-likeness (QED) is 0.165. The fourth-order valence-corrected chi connectivity index (χ4v) is 5.14. The highest BCUT2D eigenvalue weighted by molar-refractivity contribution is 7.56. The Bertz CT molecular complexity index is 1180. The monoisotopic (exact) mass is 560 g/mol. The van der Waals surface area contributed by atoms with Crippen molar-refractivity contribution in [1.82, 2.24) is 0 Å². The molecule has 0 unspecified atom stereocenters. The number of aromatic hydroxyl groups is 2. The van der Waals surface area contributed by atoms with Gasteiger partial charge in [-0.15, -0.1) is 0 Å². The molecule has 198 valence electrons. The summed E-state index contributed by atoms with van der Waals surface area (Å²) in [5.74, 6) is 2.67. The van der Waals surface area contributed by atoms with E-state index in [1.54, 1.807) is 6.07 Å². The predicted octanol–water partition coefficient (Wildman–Crippen LogP) is 8.87. The topological polar surface area (TPSA) is 86.6 Å².